The zero-order valence-electron chi connectivity index (χ0n) is 21.7. The van der Waals surface area contributed by atoms with Crippen LogP contribution in [0.15, 0.2) is 104 Å². The number of imidazole rings is 1. The highest BCUT2D eigenvalue weighted by Gasteiger charge is 2.21. The van der Waals surface area contributed by atoms with Gasteiger partial charge in [0.05, 0.1) is 48.1 Å². The molecule has 1 heterocycles. The average Bonchev–Trinajstić information content (AvgIpc) is 3.39. The Morgan fingerprint density at radius 3 is 2.15 bits per heavy atom. The first-order chi connectivity index (χ1) is 18.6. The molecule has 5 aromatic rings. The molecule has 6 heteroatoms. The summed E-state index contributed by atoms with van der Waals surface area (Å²) in [5, 5.41) is 19.3. The largest absolute Gasteiger partial charge is 0.363 e. The molecule has 0 saturated carbocycles. The molecule has 0 N–H and O–H groups in total. The summed E-state index contributed by atoms with van der Waals surface area (Å²) in [6.45, 7) is 2.44. The first-order valence-corrected chi connectivity index (χ1v) is 12.4. The first-order valence-electron chi connectivity index (χ1n) is 12.4. The standard InChI is InChI=1S/C33H26N4O.ClH/c1-23-7-3-5-9-29(23)31-17-26(15-16-28(31)19-35)33(32-20-36-22-37(32)2)38-21-24-11-13-25(14-12-24)30-10-6-4-8-27(30)18-34;/h3-17,20,22,33H,21H2,1-2H3;1H. The predicted octanol–water partition coefficient (Wildman–Crippen LogP) is 7.53. The zero-order valence-corrected chi connectivity index (χ0v) is 22.5. The maximum atomic E-state index is 9.80. The molecule has 0 aliphatic rings. The molecule has 4 aromatic carbocycles. The van der Waals surface area contributed by atoms with Crippen LogP contribution < -0.4 is 0 Å². The number of nitrogens with zero attached hydrogens (tertiary/aromatic N) is 4. The fraction of sp³-hybridized carbons (Fsp3) is 0.121. The zero-order chi connectivity index (χ0) is 26.5. The highest BCUT2D eigenvalue weighted by molar-refractivity contribution is 5.85. The number of aryl methyl sites for hydroxylation is 2. The Morgan fingerprint density at radius 2 is 1.49 bits per heavy atom. The van der Waals surface area contributed by atoms with Crippen LogP contribution in [0.2, 0.25) is 0 Å². The van der Waals surface area contributed by atoms with Gasteiger partial charge >= 0.3 is 0 Å². The minimum absolute atomic E-state index is 0. The molecule has 192 valence electrons. The van der Waals surface area contributed by atoms with Gasteiger partial charge in [-0.25, -0.2) is 4.98 Å². The van der Waals surface area contributed by atoms with E-state index in [4.69, 9.17) is 4.74 Å². The van der Waals surface area contributed by atoms with E-state index in [2.05, 4.69) is 36.2 Å². The van der Waals surface area contributed by atoms with Gasteiger partial charge in [0.15, 0.2) is 0 Å². The molecule has 0 spiro atoms. The SMILES string of the molecule is Cc1ccccc1-c1cc(C(OCc2ccc(-c3ccccc3C#N)cc2)c2cncn2C)ccc1C#N.Cl. The van der Waals surface area contributed by atoms with Crippen LogP contribution in [0.4, 0.5) is 0 Å². The van der Waals surface area contributed by atoms with Crippen LogP contribution in [-0.4, -0.2) is 9.55 Å². The summed E-state index contributed by atoms with van der Waals surface area (Å²) in [7, 11) is 1.95. The molecule has 0 fully saturated rings. The van der Waals surface area contributed by atoms with E-state index < -0.39 is 0 Å². The summed E-state index contributed by atoms with van der Waals surface area (Å²) < 4.78 is 8.49. The second-order valence-corrected chi connectivity index (χ2v) is 9.21. The number of hydrogen-bond donors (Lipinski definition) is 0. The van der Waals surface area contributed by atoms with Crippen molar-refractivity contribution in [3.63, 3.8) is 0 Å². The topological polar surface area (TPSA) is 74.6 Å². The van der Waals surface area contributed by atoms with Gasteiger partial charge < -0.3 is 9.30 Å². The summed E-state index contributed by atoms with van der Waals surface area (Å²) in [6, 6.07) is 34.3. The number of nitriles is 2. The van der Waals surface area contributed by atoms with Crippen molar-refractivity contribution >= 4 is 12.4 Å². The van der Waals surface area contributed by atoms with Crippen LogP contribution in [-0.2, 0) is 18.4 Å². The lowest BCUT2D eigenvalue weighted by atomic mass is 9.93. The van der Waals surface area contributed by atoms with Gasteiger partial charge in [-0.2, -0.15) is 10.5 Å². The van der Waals surface area contributed by atoms with E-state index in [0.717, 1.165) is 44.6 Å². The Bertz CT molecular complexity index is 1680. The van der Waals surface area contributed by atoms with Crippen LogP contribution in [0.1, 0.15) is 39.6 Å². The lowest BCUT2D eigenvalue weighted by Gasteiger charge is -2.21. The lowest BCUT2D eigenvalue weighted by Crippen LogP contribution is -2.11. The maximum absolute atomic E-state index is 9.80. The Morgan fingerprint density at radius 1 is 0.821 bits per heavy atom. The number of ether oxygens (including phenoxy) is 1. The van der Waals surface area contributed by atoms with Crippen molar-refractivity contribution in [1.29, 1.82) is 10.5 Å². The molecule has 0 radical (unpaired) electrons. The van der Waals surface area contributed by atoms with Crippen LogP contribution >= 0.6 is 12.4 Å². The molecule has 1 unspecified atom stereocenters. The molecular formula is C33H27ClN4O. The van der Waals surface area contributed by atoms with Crippen LogP contribution in [0.5, 0.6) is 0 Å². The Kier molecular flexibility index (Phi) is 8.59. The highest BCUT2D eigenvalue weighted by atomic mass is 35.5. The van der Waals surface area contributed by atoms with Gasteiger partial charge in [-0.3, -0.25) is 0 Å². The summed E-state index contributed by atoms with van der Waals surface area (Å²) in [4.78, 5) is 4.32. The van der Waals surface area contributed by atoms with Crippen molar-refractivity contribution in [2.75, 3.05) is 0 Å². The Balaban J connectivity index is 0.00000353. The van der Waals surface area contributed by atoms with Crippen molar-refractivity contribution in [2.24, 2.45) is 7.05 Å². The Labute approximate surface area is 235 Å². The number of hydrogen-bond acceptors (Lipinski definition) is 4. The summed E-state index contributed by atoms with van der Waals surface area (Å²) in [5.41, 5.74) is 9.09. The molecule has 0 amide bonds. The summed E-state index contributed by atoms with van der Waals surface area (Å²) in [5.74, 6) is 0. The van der Waals surface area contributed by atoms with Crippen LogP contribution in [0, 0.1) is 29.6 Å². The molecule has 0 aliphatic heterocycles. The monoisotopic (exact) mass is 530 g/mol. The van der Waals surface area contributed by atoms with E-state index in [-0.39, 0.29) is 18.5 Å². The average molecular weight is 531 g/mol. The highest BCUT2D eigenvalue weighted by Crippen LogP contribution is 2.34. The molecule has 1 atom stereocenters. The third kappa shape index (κ3) is 5.76. The lowest BCUT2D eigenvalue weighted by molar-refractivity contribution is 0.0622. The molecule has 0 bridgehead atoms. The van der Waals surface area contributed by atoms with Gasteiger partial charge in [-0.15, -0.1) is 12.4 Å². The van der Waals surface area contributed by atoms with Crippen molar-refractivity contribution in [1.82, 2.24) is 9.55 Å². The normalized spacial score (nSPS) is 11.2. The van der Waals surface area contributed by atoms with Gasteiger partial charge in [0.2, 0.25) is 0 Å². The molecule has 1 aromatic heterocycles. The third-order valence-electron chi connectivity index (χ3n) is 6.75. The van der Waals surface area contributed by atoms with E-state index in [0.29, 0.717) is 17.7 Å². The van der Waals surface area contributed by atoms with Gasteiger partial charge in [0.1, 0.15) is 6.10 Å². The molecule has 0 aliphatic carbocycles. The first kappa shape index (κ1) is 27.4. The van der Waals surface area contributed by atoms with Crippen LogP contribution in [0.3, 0.4) is 0 Å². The number of rotatable bonds is 7. The second-order valence-electron chi connectivity index (χ2n) is 9.21. The second kappa shape index (κ2) is 12.2. The minimum atomic E-state index is -0.378. The Hall–Kier alpha value is -4.68. The molecule has 5 rings (SSSR count). The van der Waals surface area contributed by atoms with Gasteiger partial charge in [0, 0.05) is 12.6 Å². The minimum Gasteiger partial charge on any atom is -0.363 e. The molecule has 0 saturated heterocycles. The van der Waals surface area contributed by atoms with Crippen LogP contribution in [0.25, 0.3) is 22.3 Å². The van der Waals surface area contributed by atoms with E-state index in [1.54, 1.807) is 6.33 Å². The van der Waals surface area contributed by atoms with Gasteiger partial charge in [0.25, 0.3) is 0 Å². The number of halogens is 1. The molecule has 5 nitrogen and oxygen atoms in total. The quantitative estimate of drug-likeness (QED) is 0.218. The van der Waals surface area contributed by atoms with Crippen molar-refractivity contribution in [3.8, 4) is 34.4 Å². The van der Waals surface area contributed by atoms with E-state index >= 15 is 0 Å². The smallest absolute Gasteiger partial charge is 0.124 e. The fourth-order valence-electron chi connectivity index (χ4n) is 4.69. The van der Waals surface area contributed by atoms with Gasteiger partial charge in [-0.05, 0) is 58.5 Å². The summed E-state index contributed by atoms with van der Waals surface area (Å²) >= 11 is 0. The molecule has 39 heavy (non-hydrogen) atoms. The third-order valence-corrected chi connectivity index (χ3v) is 6.75. The fourth-order valence-corrected chi connectivity index (χ4v) is 4.69. The maximum Gasteiger partial charge on any atom is 0.124 e. The van der Waals surface area contributed by atoms with E-state index in [1.165, 1.54) is 0 Å². The van der Waals surface area contributed by atoms with Gasteiger partial charge in [-0.1, -0.05) is 72.8 Å². The van der Waals surface area contributed by atoms with E-state index in [9.17, 15) is 10.5 Å². The molecular weight excluding hydrogens is 504 g/mol. The van der Waals surface area contributed by atoms with Crippen molar-refractivity contribution < 1.29 is 4.74 Å². The van der Waals surface area contributed by atoms with Crippen molar-refractivity contribution in [2.45, 2.75) is 19.6 Å². The predicted molar refractivity (Wildman–Crippen MR) is 155 cm³/mol. The number of aromatic nitrogens is 2. The number of benzene rings is 4. The van der Waals surface area contributed by atoms with Crippen molar-refractivity contribution in [3.05, 3.63) is 137 Å². The van der Waals surface area contributed by atoms with E-state index in [1.807, 2.05) is 96.7 Å². The summed E-state index contributed by atoms with van der Waals surface area (Å²) in [6.07, 6.45) is 3.20.